The summed E-state index contributed by atoms with van der Waals surface area (Å²) in [4.78, 5) is 13.5. The minimum atomic E-state index is -0.710. The summed E-state index contributed by atoms with van der Waals surface area (Å²) in [7, 11) is 3.04. The van der Waals surface area contributed by atoms with E-state index in [1.807, 2.05) is 26.0 Å². The Balaban J connectivity index is 1.65. The van der Waals surface area contributed by atoms with E-state index in [-0.39, 0.29) is 23.7 Å². The number of hydrogen-bond donors (Lipinski definition) is 0. The molecular weight excluding hydrogens is 391 g/mol. The maximum atomic E-state index is 15.1. The van der Waals surface area contributed by atoms with Crippen LogP contribution in [0.5, 0.6) is 28.7 Å². The van der Waals surface area contributed by atoms with Crippen LogP contribution < -0.4 is 23.7 Å². The highest BCUT2D eigenvalue weighted by atomic mass is 19.1. The molecule has 2 aromatic carbocycles. The zero-order valence-electron chi connectivity index (χ0n) is 17.1. The summed E-state index contributed by atoms with van der Waals surface area (Å²) in [6.07, 6.45) is 3.08. The van der Waals surface area contributed by atoms with E-state index in [9.17, 15) is 4.79 Å². The molecule has 0 radical (unpaired) electrons. The number of hydrogen-bond acceptors (Lipinski definition) is 6. The van der Waals surface area contributed by atoms with E-state index in [0.717, 1.165) is 0 Å². The summed E-state index contributed by atoms with van der Waals surface area (Å²) in [5, 5.41) is 0. The van der Waals surface area contributed by atoms with Crippen molar-refractivity contribution in [3.05, 3.63) is 46.8 Å². The largest absolute Gasteiger partial charge is 0.493 e. The van der Waals surface area contributed by atoms with Gasteiger partial charge in [-0.25, -0.2) is 4.39 Å². The van der Waals surface area contributed by atoms with Crippen LogP contribution in [-0.2, 0) is 0 Å². The van der Waals surface area contributed by atoms with Gasteiger partial charge in [0, 0.05) is 17.7 Å². The van der Waals surface area contributed by atoms with E-state index in [0.29, 0.717) is 34.1 Å². The number of carbonyl (C=O) groups excluding carboxylic acids is 1. The molecule has 30 heavy (non-hydrogen) atoms. The topological polar surface area (TPSA) is 63.2 Å². The molecule has 0 saturated carbocycles. The molecule has 0 fully saturated rings. The lowest BCUT2D eigenvalue weighted by molar-refractivity contribution is 0.0544. The van der Waals surface area contributed by atoms with Crippen molar-refractivity contribution >= 4 is 11.9 Å². The van der Waals surface area contributed by atoms with Gasteiger partial charge in [-0.2, -0.15) is 0 Å². The Kier molecular flexibility index (Phi) is 4.00. The SMILES string of the molecule is COc1cc2c(cc1OC)C1C(=O)c3c(F)cc4c(c3OC1CO2)C=CC(C)(C)O4. The summed E-state index contributed by atoms with van der Waals surface area (Å²) in [5.41, 5.74) is 0.517. The first-order valence-electron chi connectivity index (χ1n) is 9.67. The molecule has 0 bridgehead atoms. The molecule has 0 aromatic heterocycles. The number of ether oxygens (including phenoxy) is 5. The molecule has 3 aliphatic heterocycles. The Hall–Kier alpha value is -3.22. The Morgan fingerprint density at radius 1 is 1.10 bits per heavy atom. The van der Waals surface area contributed by atoms with Gasteiger partial charge in [0.25, 0.3) is 0 Å². The van der Waals surface area contributed by atoms with Gasteiger partial charge in [0.05, 0.1) is 31.3 Å². The molecule has 2 unspecified atom stereocenters. The van der Waals surface area contributed by atoms with E-state index in [1.54, 1.807) is 12.1 Å². The molecule has 2 atom stereocenters. The predicted molar refractivity (Wildman–Crippen MR) is 107 cm³/mol. The zero-order chi connectivity index (χ0) is 21.2. The smallest absolute Gasteiger partial charge is 0.181 e. The number of benzene rings is 2. The van der Waals surface area contributed by atoms with Crippen molar-refractivity contribution in [3.8, 4) is 28.7 Å². The first-order valence-corrected chi connectivity index (χ1v) is 9.67. The molecule has 0 aliphatic carbocycles. The first-order chi connectivity index (χ1) is 14.3. The number of methoxy groups -OCH3 is 2. The third-order valence-electron chi connectivity index (χ3n) is 5.68. The molecule has 3 heterocycles. The minimum absolute atomic E-state index is 0.0643. The molecule has 3 aliphatic rings. The number of Topliss-reactive ketones (excluding diaryl/α,β-unsaturated/α-hetero) is 1. The highest BCUT2D eigenvalue weighted by molar-refractivity contribution is 6.06. The van der Waals surface area contributed by atoms with Crippen LogP contribution in [0.15, 0.2) is 24.3 Å². The monoisotopic (exact) mass is 412 g/mol. The zero-order valence-corrected chi connectivity index (χ0v) is 17.1. The van der Waals surface area contributed by atoms with Gasteiger partial charge in [0.1, 0.15) is 41.4 Å². The summed E-state index contributed by atoms with van der Waals surface area (Å²) in [5.74, 6) is 0.289. The van der Waals surface area contributed by atoms with Gasteiger partial charge in [-0.15, -0.1) is 0 Å². The van der Waals surface area contributed by atoms with E-state index >= 15 is 4.39 Å². The Bertz CT molecular complexity index is 1100. The van der Waals surface area contributed by atoms with Crippen LogP contribution >= 0.6 is 0 Å². The summed E-state index contributed by atoms with van der Waals surface area (Å²) in [6, 6.07) is 4.63. The van der Waals surface area contributed by atoms with Crippen LogP contribution in [0.4, 0.5) is 4.39 Å². The number of carbonyl (C=O) groups is 1. The van der Waals surface area contributed by atoms with E-state index in [2.05, 4.69) is 0 Å². The molecule has 0 spiro atoms. The standard InChI is InChI=1S/C23H21FO6/c1-23(2)6-5-11-15(30-23)8-13(24)20-21(25)19-12-7-16(26-3)17(27-4)9-14(12)28-10-18(19)29-22(11)20/h5-9,18-19H,10H2,1-4H3. The normalized spacial score (nSPS) is 22.4. The summed E-state index contributed by atoms with van der Waals surface area (Å²) in [6.45, 7) is 3.90. The second kappa shape index (κ2) is 6.39. The van der Waals surface area contributed by atoms with Gasteiger partial charge in [-0.05, 0) is 32.1 Å². The third-order valence-corrected chi connectivity index (χ3v) is 5.68. The maximum absolute atomic E-state index is 15.1. The van der Waals surface area contributed by atoms with Crippen molar-refractivity contribution in [2.75, 3.05) is 20.8 Å². The minimum Gasteiger partial charge on any atom is -0.493 e. The number of rotatable bonds is 2. The van der Waals surface area contributed by atoms with E-state index < -0.39 is 23.4 Å². The molecule has 0 saturated heterocycles. The van der Waals surface area contributed by atoms with Crippen LogP contribution in [-0.4, -0.2) is 38.3 Å². The number of fused-ring (bicyclic) bond motifs is 6. The second-order valence-electron chi connectivity index (χ2n) is 8.07. The molecule has 7 heteroatoms. The van der Waals surface area contributed by atoms with Crippen molar-refractivity contribution in [2.24, 2.45) is 0 Å². The van der Waals surface area contributed by atoms with Crippen LogP contribution in [0.25, 0.3) is 6.08 Å². The molecular formula is C23H21FO6. The molecule has 2 aromatic rings. The molecule has 156 valence electrons. The Morgan fingerprint density at radius 3 is 2.57 bits per heavy atom. The van der Waals surface area contributed by atoms with Gasteiger partial charge in [0.15, 0.2) is 17.3 Å². The molecule has 0 amide bonds. The van der Waals surface area contributed by atoms with Gasteiger partial charge in [-0.1, -0.05) is 0 Å². The van der Waals surface area contributed by atoms with Gasteiger partial charge >= 0.3 is 0 Å². The number of ketones is 1. The fourth-order valence-corrected chi connectivity index (χ4v) is 4.25. The lowest BCUT2D eigenvalue weighted by Gasteiger charge is -2.39. The average Bonchev–Trinajstić information content (AvgIpc) is 2.71. The Morgan fingerprint density at radius 2 is 1.83 bits per heavy atom. The molecule has 5 rings (SSSR count). The van der Waals surface area contributed by atoms with Crippen molar-refractivity contribution in [3.63, 3.8) is 0 Å². The first kappa shape index (κ1) is 18.8. The van der Waals surface area contributed by atoms with Crippen molar-refractivity contribution in [1.29, 1.82) is 0 Å². The summed E-state index contributed by atoms with van der Waals surface area (Å²) < 4.78 is 43.6. The lowest BCUT2D eigenvalue weighted by Crippen LogP contribution is -2.43. The fourth-order valence-electron chi connectivity index (χ4n) is 4.25. The quantitative estimate of drug-likeness (QED) is 0.739. The van der Waals surface area contributed by atoms with Gasteiger partial charge < -0.3 is 23.7 Å². The van der Waals surface area contributed by atoms with Crippen molar-refractivity contribution in [1.82, 2.24) is 0 Å². The lowest BCUT2D eigenvalue weighted by atomic mass is 9.81. The van der Waals surface area contributed by atoms with Gasteiger partial charge in [-0.3, -0.25) is 4.79 Å². The fraction of sp³-hybridized carbons (Fsp3) is 0.348. The molecule has 6 nitrogen and oxygen atoms in total. The number of halogens is 1. The second-order valence-corrected chi connectivity index (χ2v) is 8.07. The third kappa shape index (κ3) is 2.65. The summed E-state index contributed by atoms with van der Waals surface area (Å²) >= 11 is 0. The highest BCUT2D eigenvalue weighted by Gasteiger charge is 2.46. The van der Waals surface area contributed by atoms with Crippen LogP contribution in [0.2, 0.25) is 0 Å². The Labute approximate surface area is 173 Å². The van der Waals surface area contributed by atoms with Gasteiger partial charge in [0.2, 0.25) is 0 Å². The van der Waals surface area contributed by atoms with E-state index in [1.165, 1.54) is 20.3 Å². The highest BCUT2D eigenvalue weighted by Crippen LogP contribution is 2.50. The average molecular weight is 412 g/mol. The van der Waals surface area contributed by atoms with Crippen LogP contribution in [0, 0.1) is 5.82 Å². The van der Waals surface area contributed by atoms with Crippen molar-refractivity contribution in [2.45, 2.75) is 31.5 Å². The van der Waals surface area contributed by atoms with E-state index in [4.69, 9.17) is 23.7 Å². The van der Waals surface area contributed by atoms with Crippen LogP contribution in [0.3, 0.4) is 0 Å². The van der Waals surface area contributed by atoms with Crippen molar-refractivity contribution < 1.29 is 32.9 Å². The van der Waals surface area contributed by atoms with Crippen LogP contribution in [0.1, 0.15) is 41.3 Å². The predicted octanol–water partition coefficient (Wildman–Crippen LogP) is 4.15. The maximum Gasteiger partial charge on any atom is 0.181 e. The molecule has 0 N–H and O–H groups in total.